The maximum absolute atomic E-state index is 12.2. The number of benzene rings is 1. The Hall–Kier alpha value is -1.52. The molecule has 0 N–H and O–H groups in total. The first-order valence-corrected chi connectivity index (χ1v) is 7.45. The van der Waals surface area contributed by atoms with Gasteiger partial charge in [-0.15, -0.1) is 13.2 Å². The van der Waals surface area contributed by atoms with Crippen LogP contribution in [0, 0.1) is 11.3 Å². The van der Waals surface area contributed by atoms with Gasteiger partial charge in [-0.05, 0) is 41.9 Å². The summed E-state index contributed by atoms with van der Waals surface area (Å²) in [4.78, 5) is 12.0. The number of carbonyl (C=O) groups is 1. The van der Waals surface area contributed by atoms with E-state index in [1.165, 1.54) is 12.1 Å². The van der Waals surface area contributed by atoms with Crippen LogP contribution in [0.1, 0.15) is 45.6 Å². The first-order valence-electron chi connectivity index (χ1n) is 7.45. The fraction of sp³-hybridized carbons (Fsp3) is 0.588. The zero-order valence-corrected chi connectivity index (χ0v) is 13.0. The van der Waals surface area contributed by atoms with Crippen LogP contribution < -0.4 is 4.74 Å². The highest BCUT2D eigenvalue weighted by molar-refractivity contribution is 5.71. The minimum Gasteiger partial charge on any atom is -0.406 e. The van der Waals surface area contributed by atoms with Crippen molar-refractivity contribution in [2.24, 2.45) is 11.3 Å². The molecule has 0 amide bonds. The summed E-state index contributed by atoms with van der Waals surface area (Å²) in [5, 5.41) is 0. The van der Waals surface area contributed by atoms with Crippen molar-refractivity contribution in [3.63, 3.8) is 0 Å². The van der Waals surface area contributed by atoms with Crippen molar-refractivity contribution in [1.29, 1.82) is 0 Å². The molecule has 122 valence electrons. The first kappa shape index (κ1) is 16.8. The van der Waals surface area contributed by atoms with E-state index in [0.29, 0.717) is 0 Å². The molecule has 0 aromatic heterocycles. The van der Waals surface area contributed by atoms with Crippen LogP contribution in [0.2, 0.25) is 0 Å². The standard InChI is InChI=1S/C17H21F3O2/c1-12-5-4-10-15(2,3)16(12,11-21)13-6-8-14(9-7-13)22-17(18,19)20/h6-9,11-12H,4-5,10H2,1-3H3/t12?,16-/m0/s1. The van der Waals surface area contributed by atoms with Gasteiger partial charge in [-0.2, -0.15) is 0 Å². The van der Waals surface area contributed by atoms with E-state index in [0.717, 1.165) is 31.1 Å². The second-order valence-corrected chi connectivity index (χ2v) is 6.74. The van der Waals surface area contributed by atoms with Crippen LogP contribution in [0.3, 0.4) is 0 Å². The van der Waals surface area contributed by atoms with Gasteiger partial charge >= 0.3 is 6.36 Å². The molecule has 0 bridgehead atoms. The molecule has 1 unspecified atom stereocenters. The van der Waals surface area contributed by atoms with Crippen molar-refractivity contribution in [1.82, 2.24) is 0 Å². The molecule has 1 aliphatic carbocycles. The number of alkyl halides is 3. The van der Waals surface area contributed by atoms with Crippen LogP contribution in [0.5, 0.6) is 5.75 Å². The van der Waals surface area contributed by atoms with E-state index in [1.807, 2.05) is 6.92 Å². The van der Waals surface area contributed by atoms with Gasteiger partial charge < -0.3 is 9.53 Å². The summed E-state index contributed by atoms with van der Waals surface area (Å²) in [5.74, 6) is -0.123. The Labute approximate surface area is 128 Å². The predicted molar refractivity (Wildman–Crippen MR) is 77.7 cm³/mol. The number of rotatable bonds is 3. The van der Waals surface area contributed by atoms with E-state index in [-0.39, 0.29) is 17.1 Å². The Morgan fingerprint density at radius 3 is 2.27 bits per heavy atom. The topological polar surface area (TPSA) is 26.3 Å². The summed E-state index contributed by atoms with van der Waals surface area (Å²) in [6, 6.07) is 5.73. The molecule has 0 heterocycles. The quantitative estimate of drug-likeness (QED) is 0.744. The third-order valence-electron chi connectivity index (χ3n) is 5.09. The van der Waals surface area contributed by atoms with E-state index < -0.39 is 11.8 Å². The number of carbonyl (C=O) groups excluding carboxylic acids is 1. The van der Waals surface area contributed by atoms with Gasteiger partial charge in [0.15, 0.2) is 0 Å². The molecule has 1 aliphatic rings. The van der Waals surface area contributed by atoms with Crippen LogP contribution in [0.4, 0.5) is 13.2 Å². The van der Waals surface area contributed by atoms with Gasteiger partial charge in [0.05, 0.1) is 5.41 Å². The maximum Gasteiger partial charge on any atom is 0.573 e. The summed E-state index contributed by atoms with van der Waals surface area (Å²) in [5.41, 5.74) is -0.157. The van der Waals surface area contributed by atoms with Crippen molar-refractivity contribution in [2.45, 2.75) is 51.8 Å². The van der Waals surface area contributed by atoms with E-state index in [1.54, 1.807) is 12.1 Å². The fourth-order valence-corrected chi connectivity index (χ4v) is 3.90. The second-order valence-electron chi connectivity index (χ2n) is 6.74. The van der Waals surface area contributed by atoms with Crippen molar-refractivity contribution < 1.29 is 22.7 Å². The Morgan fingerprint density at radius 2 is 1.82 bits per heavy atom. The van der Waals surface area contributed by atoms with Gasteiger partial charge in [0.2, 0.25) is 0 Å². The third kappa shape index (κ3) is 2.85. The SMILES string of the molecule is CC1CCCC(C)(C)[C@]1(C=O)c1ccc(OC(F)(F)F)cc1. The van der Waals surface area contributed by atoms with Gasteiger partial charge in [0, 0.05) is 0 Å². The van der Waals surface area contributed by atoms with E-state index in [4.69, 9.17) is 0 Å². The normalized spacial score (nSPS) is 28.2. The number of halogens is 3. The van der Waals surface area contributed by atoms with E-state index in [9.17, 15) is 18.0 Å². The Kier molecular flexibility index (Phi) is 4.28. The van der Waals surface area contributed by atoms with Crippen LogP contribution in [-0.4, -0.2) is 12.6 Å². The van der Waals surface area contributed by atoms with Crippen molar-refractivity contribution >= 4 is 6.29 Å². The number of aldehydes is 1. The number of hydrogen-bond acceptors (Lipinski definition) is 2. The second kappa shape index (κ2) is 5.60. The molecular weight excluding hydrogens is 293 g/mol. The molecule has 2 atom stereocenters. The van der Waals surface area contributed by atoms with Gasteiger partial charge in [0.25, 0.3) is 0 Å². The molecule has 0 saturated heterocycles. The smallest absolute Gasteiger partial charge is 0.406 e. The van der Waals surface area contributed by atoms with Crippen molar-refractivity contribution in [3.8, 4) is 5.75 Å². The summed E-state index contributed by atoms with van der Waals surface area (Å²) in [6.45, 7) is 6.14. The molecule has 1 aromatic rings. The zero-order chi connectivity index (χ0) is 16.6. The largest absolute Gasteiger partial charge is 0.573 e. The lowest BCUT2D eigenvalue weighted by Gasteiger charge is -2.51. The van der Waals surface area contributed by atoms with Crippen LogP contribution >= 0.6 is 0 Å². The lowest BCUT2D eigenvalue weighted by atomic mass is 9.51. The lowest BCUT2D eigenvalue weighted by Crippen LogP contribution is -2.51. The first-order chi connectivity index (χ1) is 10.1. The van der Waals surface area contributed by atoms with Crippen LogP contribution in [-0.2, 0) is 10.2 Å². The highest BCUT2D eigenvalue weighted by Gasteiger charge is 2.52. The summed E-state index contributed by atoms with van der Waals surface area (Å²) >= 11 is 0. The number of ether oxygens (including phenoxy) is 1. The molecule has 5 heteroatoms. The highest BCUT2D eigenvalue weighted by Crippen LogP contribution is 2.53. The minimum atomic E-state index is -4.71. The molecular formula is C17H21F3O2. The van der Waals surface area contributed by atoms with E-state index in [2.05, 4.69) is 18.6 Å². The molecule has 0 radical (unpaired) electrons. The molecule has 2 rings (SSSR count). The highest BCUT2D eigenvalue weighted by atomic mass is 19.4. The Bertz CT molecular complexity index is 534. The molecule has 1 fully saturated rings. The summed E-state index contributed by atoms with van der Waals surface area (Å²) in [7, 11) is 0. The number of hydrogen-bond donors (Lipinski definition) is 0. The van der Waals surface area contributed by atoms with Gasteiger partial charge in [-0.1, -0.05) is 39.3 Å². The van der Waals surface area contributed by atoms with Crippen LogP contribution in [0.15, 0.2) is 24.3 Å². The third-order valence-corrected chi connectivity index (χ3v) is 5.09. The maximum atomic E-state index is 12.2. The molecule has 0 aliphatic heterocycles. The van der Waals surface area contributed by atoms with Gasteiger partial charge in [-0.25, -0.2) is 0 Å². The van der Waals surface area contributed by atoms with Crippen molar-refractivity contribution in [3.05, 3.63) is 29.8 Å². The minimum absolute atomic E-state index is 0.142. The van der Waals surface area contributed by atoms with E-state index >= 15 is 0 Å². The summed E-state index contributed by atoms with van der Waals surface area (Å²) in [6.07, 6.45) is -0.823. The Balaban J connectivity index is 2.40. The van der Waals surface area contributed by atoms with Gasteiger partial charge in [-0.3, -0.25) is 0 Å². The monoisotopic (exact) mass is 314 g/mol. The Morgan fingerprint density at radius 1 is 1.23 bits per heavy atom. The molecule has 1 aromatic carbocycles. The summed E-state index contributed by atoms with van der Waals surface area (Å²) < 4.78 is 40.6. The lowest BCUT2D eigenvalue weighted by molar-refractivity contribution is -0.274. The average Bonchev–Trinajstić information content (AvgIpc) is 2.38. The molecule has 2 nitrogen and oxygen atoms in total. The molecule has 22 heavy (non-hydrogen) atoms. The van der Waals surface area contributed by atoms with Crippen molar-refractivity contribution in [2.75, 3.05) is 0 Å². The average molecular weight is 314 g/mol. The predicted octanol–water partition coefficient (Wildman–Crippen LogP) is 4.87. The molecule has 0 spiro atoms. The van der Waals surface area contributed by atoms with Gasteiger partial charge in [0.1, 0.15) is 12.0 Å². The fourth-order valence-electron chi connectivity index (χ4n) is 3.90. The molecule has 1 saturated carbocycles. The van der Waals surface area contributed by atoms with Crippen LogP contribution in [0.25, 0.3) is 0 Å². The zero-order valence-electron chi connectivity index (χ0n) is 13.0.